The zero-order valence-corrected chi connectivity index (χ0v) is 33.7. The van der Waals surface area contributed by atoms with Crippen molar-refractivity contribution in [1.29, 1.82) is 0 Å². The lowest BCUT2D eigenvalue weighted by Gasteiger charge is -2.39. The number of carbonyl (C=O) groups excluding carboxylic acids is 3. The molecule has 3 heterocycles. The third-order valence-electron chi connectivity index (χ3n) is 11.5. The number of Topliss-reactive ketones (excluding diaryl/α,β-unsaturated/α-hetero) is 1. The average Bonchev–Trinajstić information content (AvgIpc) is 3.11. The van der Waals surface area contributed by atoms with Gasteiger partial charge in [0.1, 0.15) is 30.2 Å². The summed E-state index contributed by atoms with van der Waals surface area (Å²) in [5.41, 5.74) is 7.05. The van der Waals surface area contributed by atoms with Gasteiger partial charge in [-0.15, -0.1) is 0 Å². The molecule has 0 spiro atoms. The van der Waals surface area contributed by atoms with Gasteiger partial charge in [-0.25, -0.2) is 4.79 Å². The number of nitrogens with two attached hydrogens (primary N) is 1. The second-order valence-corrected chi connectivity index (χ2v) is 16.1. The molecule has 0 saturated carbocycles. The average molecular weight is 766 g/mol. The highest BCUT2D eigenvalue weighted by molar-refractivity contribution is 5.80. The van der Waals surface area contributed by atoms with Crippen molar-refractivity contribution in [3.05, 3.63) is 35.5 Å². The molecule has 54 heavy (non-hydrogen) atoms. The number of cyclic esters (lactones) is 1. The van der Waals surface area contributed by atoms with E-state index in [-0.39, 0.29) is 30.5 Å². The molecule has 6 N–H and O–H groups in total. The van der Waals surface area contributed by atoms with Crippen LogP contribution in [0.25, 0.3) is 0 Å². The summed E-state index contributed by atoms with van der Waals surface area (Å²) in [6.07, 6.45) is 1.87. The lowest BCUT2D eigenvalue weighted by molar-refractivity contribution is -0.254. The fraction of sp³-hybridized carbons (Fsp3) is 0.780. The van der Waals surface area contributed by atoms with Crippen LogP contribution in [-0.2, 0) is 33.3 Å². The number of primary amides is 1. The summed E-state index contributed by atoms with van der Waals surface area (Å²) in [5, 5.41) is 44.8. The van der Waals surface area contributed by atoms with Gasteiger partial charge in [-0.05, 0) is 69.4 Å². The molecule has 13 nitrogen and oxygen atoms in total. The Bertz CT molecular complexity index is 1350. The molecule has 15 atom stereocenters. The molecule has 0 aromatic carbocycles. The molecule has 1 unspecified atom stereocenters. The van der Waals surface area contributed by atoms with Crippen molar-refractivity contribution in [2.75, 3.05) is 0 Å². The number of rotatable bonds is 10. The molecule has 0 aliphatic carbocycles. The molecular formula is C41H67NO12. The van der Waals surface area contributed by atoms with Crippen molar-refractivity contribution in [2.24, 2.45) is 35.3 Å². The highest BCUT2D eigenvalue weighted by Crippen LogP contribution is 2.36. The maximum Gasteiger partial charge on any atom is 0.404 e. The number of esters is 1. The summed E-state index contributed by atoms with van der Waals surface area (Å²) >= 11 is 0. The monoisotopic (exact) mass is 765 g/mol. The van der Waals surface area contributed by atoms with E-state index in [1.807, 2.05) is 65.8 Å². The fourth-order valence-electron chi connectivity index (χ4n) is 7.99. The van der Waals surface area contributed by atoms with Gasteiger partial charge >= 0.3 is 12.1 Å². The van der Waals surface area contributed by atoms with E-state index in [4.69, 9.17) is 29.4 Å². The van der Waals surface area contributed by atoms with E-state index in [9.17, 15) is 34.8 Å². The molecule has 3 aliphatic rings. The second-order valence-electron chi connectivity index (χ2n) is 16.1. The molecule has 308 valence electrons. The molecule has 1 saturated heterocycles. The van der Waals surface area contributed by atoms with Crippen LogP contribution in [0.4, 0.5) is 4.79 Å². The van der Waals surface area contributed by atoms with Crippen LogP contribution in [0.1, 0.15) is 114 Å². The minimum Gasteiger partial charge on any atom is -0.462 e. The zero-order chi connectivity index (χ0) is 40.5. The van der Waals surface area contributed by atoms with Crippen LogP contribution in [0.3, 0.4) is 0 Å². The molecule has 0 radical (unpaired) electrons. The van der Waals surface area contributed by atoms with Gasteiger partial charge in [0, 0.05) is 37.0 Å². The molecular weight excluding hydrogens is 698 g/mol. The number of aliphatic hydroxyl groups excluding tert-OH is 3. The Morgan fingerprint density at radius 2 is 1.72 bits per heavy atom. The lowest BCUT2D eigenvalue weighted by atomic mass is 9.78. The van der Waals surface area contributed by atoms with Crippen LogP contribution in [0.2, 0.25) is 0 Å². The third kappa shape index (κ3) is 12.7. The Morgan fingerprint density at radius 1 is 1.06 bits per heavy atom. The SMILES string of the molecule is CCC(=O)[C@@H](C)[C@@H](O)[C@H](C)C[C@@H](C)[C@H]1OC(=O)C[C@@]2(O)CC=C(C)[C@H](O2)C(C)=CCCC[C@@H](O[C@H]2C[C@@H](OC(N)=O)[C@H](O)[C@@H](C)O2)C=C[C@H](C)C(O)[C@H]1C. The van der Waals surface area contributed by atoms with Gasteiger partial charge in [-0.1, -0.05) is 65.8 Å². The highest BCUT2D eigenvalue weighted by Gasteiger charge is 2.42. The van der Waals surface area contributed by atoms with Crippen molar-refractivity contribution in [3.63, 3.8) is 0 Å². The Hall–Kier alpha value is -2.65. The minimum atomic E-state index is -1.80. The van der Waals surface area contributed by atoms with Crippen molar-refractivity contribution >= 4 is 17.8 Å². The van der Waals surface area contributed by atoms with Crippen molar-refractivity contribution in [1.82, 2.24) is 0 Å². The van der Waals surface area contributed by atoms with E-state index in [0.29, 0.717) is 32.1 Å². The Labute approximate surface area is 321 Å². The van der Waals surface area contributed by atoms with Gasteiger partial charge in [-0.2, -0.15) is 0 Å². The molecule has 1 amide bonds. The predicted octanol–water partition coefficient (Wildman–Crippen LogP) is 5.01. The quantitative estimate of drug-likeness (QED) is 0.147. The summed E-state index contributed by atoms with van der Waals surface area (Å²) in [5.74, 6) is -4.73. The van der Waals surface area contributed by atoms with Crippen LogP contribution < -0.4 is 5.73 Å². The number of hydrogen-bond acceptors (Lipinski definition) is 12. The van der Waals surface area contributed by atoms with Crippen LogP contribution in [0, 0.1) is 29.6 Å². The van der Waals surface area contributed by atoms with Gasteiger partial charge in [0.25, 0.3) is 0 Å². The highest BCUT2D eigenvalue weighted by atomic mass is 16.7. The molecule has 0 aromatic heterocycles. The Balaban J connectivity index is 1.94. The molecule has 2 bridgehead atoms. The van der Waals surface area contributed by atoms with Crippen molar-refractivity contribution < 1.29 is 58.5 Å². The van der Waals surface area contributed by atoms with Gasteiger partial charge in [-0.3, -0.25) is 9.59 Å². The first-order chi connectivity index (χ1) is 25.3. The van der Waals surface area contributed by atoms with E-state index < -0.39 is 97.1 Å². The zero-order valence-electron chi connectivity index (χ0n) is 33.7. The maximum atomic E-state index is 13.6. The number of allylic oxidation sites excluding steroid dienone is 1. The van der Waals surface area contributed by atoms with Crippen LogP contribution in [0.15, 0.2) is 35.5 Å². The number of aliphatic hydroxyl groups is 4. The second kappa shape index (κ2) is 20.5. The summed E-state index contributed by atoms with van der Waals surface area (Å²) in [4.78, 5) is 37.5. The molecule has 3 rings (SSSR count). The van der Waals surface area contributed by atoms with Crippen molar-refractivity contribution in [3.8, 4) is 0 Å². The van der Waals surface area contributed by atoms with E-state index in [1.54, 1.807) is 20.8 Å². The largest absolute Gasteiger partial charge is 0.462 e. The number of carbonyl (C=O) groups is 3. The Morgan fingerprint density at radius 3 is 2.37 bits per heavy atom. The fourth-order valence-corrected chi connectivity index (χ4v) is 7.99. The van der Waals surface area contributed by atoms with Crippen LogP contribution >= 0.6 is 0 Å². The van der Waals surface area contributed by atoms with E-state index in [1.165, 1.54) is 0 Å². The van der Waals surface area contributed by atoms with E-state index in [2.05, 4.69) is 0 Å². The lowest BCUT2D eigenvalue weighted by Crippen LogP contribution is -2.50. The smallest absolute Gasteiger partial charge is 0.404 e. The molecule has 1 fully saturated rings. The number of amides is 1. The van der Waals surface area contributed by atoms with E-state index >= 15 is 0 Å². The van der Waals surface area contributed by atoms with Crippen molar-refractivity contribution in [2.45, 2.75) is 175 Å². The summed E-state index contributed by atoms with van der Waals surface area (Å²) in [7, 11) is 0. The number of fused-ring (bicyclic) bond motifs is 2. The van der Waals surface area contributed by atoms with Gasteiger partial charge in [0.2, 0.25) is 0 Å². The Kier molecular flexibility index (Phi) is 17.4. The van der Waals surface area contributed by atoms with Gasteiger partial charge in [0.15, 0.2) is 12.1 Å². The summed E-state index contributed by atoms with van der Waals surface area (Å²) in [6, 6.07) is 0. The van der Waals surface area contributed by atoms with Gasteiger partial charge in [0.05, 0.1) is 30.8 Å². The maximum absolute atomic E-state index is 13.6. The minimum absolute atomic E-state index is 0.0364. The number of ketones is 1. The standard InChI is InChI=1S/C41H67NO12/c1-10-31(43)27(7)36(46)25(5)19-26(6)39-28(8)35(45)22(2)15-16-30(51-34-20-32(52-40(42)48)37(47)29(9)50-34)14-12-11-13-23(3)38-24(4)17-18-41(49,54-38)21-33(44)53-39/h13,15-17,22,25-30,32,34-39,45-47,49H,10-12,14,18-21H2,1-9H3,(H2,42,48)/t22-,25+,26+,27+,28+,29+,30+,32+,34-,35?,36-,37+,38+,39+,41+/m0/s1. The summed E-state index contributed by atoms with van der Waals surface area (Å²) < 4.78 is 29.8. The first-order valence-corrected chi connectivity index (χ1v) is 19.7. The third-order valence-corrected chi connectivity index (χ3v) is 11.5. The van der Waals surface area contributed by atoms with Gasteiger partial charge < -0.3 is 49.8 Å². The molecule has 13 heteroatoms. The van der Waals surface area contributed by atoms with Crippen LogP contribution in [-0.4, -0.2) is 99.2 Å². The topological polar surface area (TPSA) is 204 Å². The van der Waals surface area contributed by atoms with Crippen LogP contribution in [0.5, 0.6) is 0 Å². The summed E-state index contributed by atoms with van der Waals surface area (Å²) in [6.45, 7) is 16.4. The van der Waals surface area contributed by atoms with E-state index in [0.717, 1.165) is 11.1 Å². The molecule has 3 aliphatic heterocycles. The first-order valence-electron chi connectivity index (χ1n) is 19.7. The first kappa shape index (κ1) is 45.7. The number of hydrogen-bond donors (Lipinski definition) is 5. The molecule has 0 aromatic rings. The predicted molar refractivity (Wildman–Crippen MR) is 201 cm³/mol. The normalized spacial score (nSPS) is 36.9. The number of ether oxygens (including phenoxy) is 5.